The van der Waals surface area contributed by atoms with Gasteiger partial charge < -0.3 is 9.84 Å². The van der Waals surface area contributed by atoms with Gasteiger partial charge in [0.1, 0.15) is 0 Å². The Morgan fingerprint density at radius 1 is 1.53 bits per heavy atom. The summed E-state index contributed by atoms with van der Waals surface area (Å²) in [5.74, 6) is 0. The number of hydrogen-bond acceptors (Lipinski definition) is 3. The Bertz CT molecular complexity index is 273. The summed E-state index contributed by atoms with van der Waals surface area (Å²) in [6.07, 6.45) is 4.93. The minimum atomic E-state index is -0.384. The molecule has 0 radical (unpaired) electrons. The number of ether oxygens (including phenoxy) is 1. The van der Waals surface area contributed by atoms with Gasteiger partial charge in [0.25, 0.3) is 0 Å². The van der Waals surface area contributed by atoms with Crippen LogP contribution in [-0.4, -0.2) is 28.1 Å². The monoisotopic (exact) mass is 212 g/mol. The van der Waals surface area contributed by atoms with Gasteiger partial charge in [-0.05, 0) is 19.8 Å². The number of rotatable bonds is 7. The molecule has 1 N–H and O–H groups in total. The number of hydrogen-bond donors (Lipinski definition) is 1. The van der Waals surface area contributed by atoms with Crippen molar-refractivity contribution in [2.45, 2.75) is 39.3 Å². The Labute approximate surface area is 90.9 Å². The van der Waals surface area contributed by atoms with E-state index in [-0.39, 0.29) is 6.10 Å². The van der Waals surface area contributed by atoms with E-state index in [1.807, 2.05) is 24.7 Å². The minimum Gasteiger partial charge on any atom is -0.388 e. The predicted molar refractivity (Wildman–Crippen MR) is 58.6 cm³/mol. The first-order chi connectivity index (χ1) is 7.27. The van der Waals surface area contributed by atoms with Crippen molar-refractivity contribution in [3.05, 3.63) is 18.0 Å². The maximum atomic E-state index is 9.57. The molecule has 1 aromatic rings. The number of aliphatic hydroxyl groups excluding tert-OH is 1. The van der Waals surface area contributed by atoms with Crippen molar-refractivity contribution in [1.29, 1.82) is 0 Å². The standard InChI is InChI=1S/C11H20N2O2/c1-3-11(14)10-8-12-13(9-10)6-5-7-15-4-2/h8-9,11,14H,3-7H2,1-2H3. The van der Waals surface area contributed by atoms with E-state index >= 15 is 0 Å². The molecule has 4 nitrogen and oxygen atoms in total. The minimum absolute atomic E-state index is 0.384. The van der Waals surface area contributed by atoms with Crippen LogP contribution in [-0.2, 0) is 11.3 Å². The lowest BCUT2D eigenvalue weighted by Crippen LogP contribution is -2.03. The molecule has 1 atom stereocenters. The summed E-state index contributed by atoms with van der Waals surface area (Å²) >= 11 is 0. The van der Waals surface area contributed by atoms with Gasteiger partial charge in [-0.3, -0.25) is 4.68 Å². The van der Waals surface area contributed by atoms with E-state index in [2.05, 4.69) is 5.10 Å². The third kappa shape index (κ3) is 4.01. The number of aryl methyl sites for hydroxylation is 1. The van der Waals surface area contributed by atoms with Gasteiger partial charge in [-0.1, -0.05) is 6.92 Å². The third-order valence-electron chi connectivity index (χ3n) is 2.30. The maximum absolute atomic E-state index is 9.57. The third-order valence-corrected chi connectivity index (χ3v) is 2.30. The maximum Gasteiger partial charge on any atom is 0.0817 e. The lowest BCUT2D eigenvalue weighted by molar-refractivity contribution is 0.140. The molecule has 4 heteroatoms. The van der Waals surface area contributed by atoms with Crippen LogP contribution < -0.4 is 0 Å². The molecule has 0 spiro atoms. The summed E-state index contributed by atoms with van der Waals surface area (Å²) in [4.78, 5) is 0. The van der Waals surface area contributed by atoms with E-state index in [0.717, 1.165) is 38.2 Å². The molecule has 86 valence electrons. The lowest BCUT2D eigenvalue weighted by Gasteiger charge is -2.03. The molecule has 0 amide bonds. The van der Waals surface area contributed by atoms with E-state index in [4.69, 9.17) is 4.74 Å². The van der Waals surface area contributed by atoms with Crippen LogP contribution in [0.2, 0.25) is 0 Å². The zero-order chi connectivity index (χ0) is 11.1. The SMILES string of the molecule is CCOCCCn1cc(C(O)CC)cn1. The normalized spacial score (nSPS) is 13.0. The molecule has 0 aliphatic heterocycles. The average molecular weight is 212 g/mol. The summed E-state index contributed by atoms with van der Waals surface area (Å²) in [5, 5.41) is 13.8. The highest BCUT2D eigenvalue weighted by Crippen LogP contribution is 2.14. The van der Waals surface area contributed by atoms with Gasteiger partial charge in [-0.15, -0.1) is 0 Å². The van der Waals surface area contributed by atoms with Crippen LogP contribution in [0.4, 0.5) is 0 Å². The van der Waals surface area contributed by atoms with Crippen LogP contribution >= 0.6 is 0 Å². The second kappa shape index (κ2) is 6.58. The largest absolute Gasteiger partial charge is 0.388 e. The van der Waals surface area contributed by atoms with Crippen molar-refractivity contribution < 1.29 is 9.84 Å². The highest BCUT2D eigenvalue weighted by Gasteiger charge is 2.06. The molecule has 0 aliphatic rings. The summed E-state index contributed by atoms with van der Waals surface area (Å²) < 4.78 is 7.09. The Balaban J connectivity index is 2.33. The molecule has 0 aromatic carbocycles. The van der Waals surface area contributed by atoms with Crippen molar-refractivity contribution in [2.75, 3.05) is 13.2 Å². The van der Waals surface area contributed by atoms with E-state index in [9.17, 15) is 5.11 Å². The lowest BCUT2D eigenvalue weighted by atomic mass is 10.2. The van der Waals surface area contributed by atoms with Gasteiger partial charge in [-0.25, -0.2) is 0 Å². The van der Waals surface area contributed by atoms with Crippen LogP contribution in [0.5, 0.6) is 0 Å². The van der Waals surface area contributed by atoms with E-state index < -0.39 is 0 Å². The average Bonchev–Trinajstić information content (AvgIpc) is 2.72. The van der Waals surface area contributed by atoms with Gasteiger partial charge in [0.05, 0.1) is 12.3 Å². The van der Waals surface area contributed by atoms with Crippen molar-refractivity contribution in [1.82, 2.24) is 9.78 Å². The van der Waals surface area contributed by atoms with Gasteiger partial charge in [-0.2, -0.15) is 5.10 Å². The number of aromatic nitrogens is 2. The molecule has 1 rings (SSSR count). The van der Waals surface area contributed by atoms with E-state index in [0.29, 0.717) is 0 Å². The molecular formula is C11H20N2O2. The number of aliphatic hydroxyl groups is 1. The molecular weight excluding hydrogens is 192 g/mol. The summed E-state index contributed by atoms with van der Waals surface area (Å²) in [6, 6.07) is 0. The van der Waals surface area contributed by atoms with Gasteiger partial charge in [0.15, 0.2) is 0 Å². The van der Waals surface area contributed by atoms with Crippen LogP contribution in [0.1, 0.15) is 38.4 Å². The highest BCUT2D eigenvalue weighted by molar-refractivity contribution is 5.07. The van der Waals surface area contributed by atoms with Crippen molar-refractivity contribution in [2.24, 2.45) is 0 Å². The second-order valence-corrected chi connectivity index (χ2v) is 3.51. The number of nitrogens with zero attached hydrogens (tertiary/aromatic N) is 2. The summed E-state index contributed by atoms with van der Waals surface area (Å²) in [6.45, 7) is 6.32. The molecule has 1 aromatic heterocycles. The van der Waals surface area contributed by atoms with Crippen LogP contribution in [0, 0.1) is 0 Å². The van der Waals surface area contributed by atoms with Gasteiger partial charge >= 0.3 is 0 Å². The van der Waals surface area contributed by atoms with Crippen molar-refractivity contribution >= 4 is 0 Å². The first-order valence-corrected chi connectivity index (χ1v) is 5.56. The first-order valence-electron chi connectivity index (χ1n) is 5.56. The zero-order valence-electron chi connectivity index (χ0n) is 9.52. The Morgan fingerprint density at radius 2 is 2.33 bits per heavy atom. The topological polar surface area (TPSA) is 47.3 Å². The van der Waals surface area contributed by atoms with E-state index in [1.54, 1.807) is 6.20 Å². The fourth-order valence-corrected chi connectivity index (χ4v) is 1.38. The van der Waals surface area contributed by atoms with Crippen LogP contribution in [0.25, 0.3) is 0 Å². The van der Waals surface area contributed by atoms with Crippen LogP contribution in [0.3, 0.4) is 0 Å². The first kappa shape index (κ1) is 12.2. The molecule has 0 fully saturated rings. The molecule has 0 saturated carbocycles. The van der Waals surface area contributed by atoms with Gasteiger partial charge in [0.2, 0.25) is 0 Å². The van der Waals surface area contributed by atoms with Crippen LogP contribution in [0.15, 0.2) is 12.4 Å². The molecule has 0 aliphatic carbocycles. The van der Waals surface area contributed by atoms with Crippen molar-refractivity contribution in [3.63, 3.8) is 0 Å². The second-order valence-electron chi connectivity index (χ2n) is 3.51. The summed E-state index contributed by atoms with van der Waals surface area (Å²) in [7, 11) is 0. The summed E-state index contributed by atoms with van der Waals surface area (Å²) in [5.41, 5.74) is 0.897. The Morgan fingerprint density at radius 3 is 3.00 bits per heavy atom. The van der Waals surface area contributed by atoms with Gasteiger partial charge in [0, 0.05) is 31.5 Å². The fourth-order valence-electron chi connectivity index (χ4n) is 1.38. The zero-order valence-corrected chi connectivity index (χ0v) is 9.52. The molecule has 0 saturated heterocycles. The molecule has 1 unspecified atom stereocenters. The molecule has 15 heavy (non-hydrogen) atoms. The highest BCUT2D eigenvalue weighted by atomic mass is 16.5. The fraction of sp³-hybridized carbons (Fsp3) is 0.727. The van der Waals surface area contributed by atoms with Crippen molar-refractivity contribution in [3.8, 4) is 0 Å². The smallest absolute Gasteiger partial charge is 0.0817 e. The quantitative estimate of drug-likeness (QED) is 0.700. The van der Waals surface area contributed by atoms with E-state index in [1.165, 1.54) is 0 Å². The molecule has 0 bridgehead atoms. The predicted octanol–water partition coefficient (Wildman–Crippen LogP) is 1.75. The Hall–Kier alpha value is -0.870. The Kier molecular flexibility index (Phi) is 5.36. The molecule has 1 heterocycles.